The van der Waals surface area contributed by atoms with Crippen LogP contribution in [0.25, 0.3) is 0 Å². The van der Waals surface area contributed by atoms with E-state index in [4.69, 9.17) is 0 Å². The van der Waals surface area contributed by atoms with Gasteiger partial charge in [0.15, 0.2) is 5.96 Å². The third-order valence-corrected chi connectivity index (χ3v) is 4.88. The molecule has 0 unspecified atom stereocenters. The Balaban J connectivity index is 0.00000450. The molecule has 0 saturated heterocycles. The molecule has 1 aromatic carbocycles. The van der Waals surface area contributed by atoms with Crippen molar-refractivity contribution in [1.82, 2.24) is 20.9 Å². The van der Waals surface area contributed by atoms with Crippen molar-refractivity contribution in [3.8, 4) is 0 Å². The molecule has 1 amide bonds. The van der Waals surface area contributed by atoms with Gasteiger partial charge in [-0.05, 0) is 38.0 Å². The van der Waals surface area contributed by atoms with Gasteiger partial charge in [-0.25, -0.2) is 4.98 Å². The maximum Gasteiger partial charge on any atom is 0.416 e. The number of nitrogens with zero attached hydrogens (tertiary/aromatic N) is 2. The van der Waals surface area contributed by atoms with Crippen molar-refractivity contribution >= 4 is 47.2 Å². The molecule has 0 atom stereocenters. The maximum absolute atomic E-state index is 12.6. The van der Waals surface area contributed by atoms with Gasteiger partial charge in [-0.1, -0.05) is 12.1 Å². The Morgan fingerprint density at radius 1 is 1.13 bits per heavy atom. The molecule has 0 aliphatic rings. The van der Waals surface area contributed by atoms with E-state index in [9.17, 15) is 18.0 Å². The number of carbonyl (C=O) groups is 1. The van der Waals surface area contributed by atoms with E-state index < -0.39 is 11.7 Å². The first-order chi connectivity index (χ1) is 13.8. The first-order valence-electron chi connectivity index (χ1n) is 9.18. The number of thiazole rings is 1. The number of nitrogens with one attached hydrogen (secondary N) is 3. The summed E-state index contributed by atoms with van der Waals surface area (Å²) in [5, 5.41) is 9.02. The third-order valence-electron chi connectivity index (χ3n) is 3.95. The highest BCUT2D eigenvalue weighted by Gasteiger charge is 2.29. The predicted octanol–water partition coefficient (Wildman–Crippen LogP) is 3.62. The van der Waals surface area contributed by atoms with Crippen LogP contribution in [0.15, 0.2) is 34.8 Å². The summed E-state index contributed by atoms with van der Waals surface area (Å²) < 4.78 is 37.8. The van der Waals surface area contributed by atoms with E-state index in [1.54, 1.807) is 12.4 Å². The van der Waals surface area contributed by atoms with Crippen LogP contribution in [0.4, 0.5) is 13.2 Å². The summed E-state index contributed by atoms with van der Waals surface area (Å²) in [5.41, 5.74) is 2.47. The fraction of sp³-hybridized carbons (Fsp3) is 0.421. The van der Waals surface area contributed by atoms with Gasteiger partial charge in [-0.2, -0.15) is 13.2 Å². The molecule has 2 rings (SSSR count). The van der Waals surface area contributed by atoms with Crippen LogP contribution in [0.5, 0.6) is 0 Å². The number of hydrogen-bond acceptors (Lipinski definition) is 4. The summed E-state index contributed by atoms with van der Waals surface area (Å²) in [4.78, 5) is 21.1. The second-order valence-electron chi connectivity index (χ2n) is 6.15. The lowest BCUT2D eigenvalue weighted by Crippen LogP contribution is -2.41. The van der Waals surface area contributed by atoms with E-state index >= 15 is 0 Å². The minimum absolute atomic E-state index is 0. The van der Waals surface area contributed by atoms with Crippen LogP contribution < -0.4 is 16.0 Å². The standard InChI is InChI=1S/C19H24F3N5OS.HI/c1-3-23-18(26-11-10-24-17(28)16-13(2)27-12-29-16)25-9-8-14-4-6-15(7-5-14)19(20,21)22;/h4-7,12H,3,8-11H2,1-2H3,(H,24,28)(H2,23,25,26);1H. The number of guanidine groups is 1. The highest BCUT2D eigenvalue weighted by atomic mass is 127. The number of hydrogen-bond donors (Lipinski definition) is 3. The maximum atomic E-state index is 12.6. The number of benzene rings is 1. The molecule has 3 N–H and O–H groups in total. The van der Waals surface area contributed by atoms with Crippen molar-refractivity contribution in [2.24, 2.45) is 4.99 Å². The van der Waals surface area contributed by atoms with Crippen molar-refractivity contribution < 1.29 is 18.0 Å². The number of rotatable bonds is 8. The van der Waals surface area contributed by atoms with Gasteiger partial charge in [0.05, 0.1) is 16.8 Å². The number of halogens is 4. The summed E-state index contributed by atoms with van der Waals surface area (Å²) in [6.45, 7) is 5.71. The first-order valence-corrected chi connectivity index (χ1v) is 10.1. The van der Waals surface area contributed by atoms with Gasteiger partial charge in [0, 0.05) is 26.2 Å². The molecular weight excluding hydrogens is 530 g/mol. The molecule has 1 aromatic heterocycles. The van der Waals surface area contributed by atoms with Gasteiger partial charge in [0.25, 0.3) is 5.91 Å². The molecular formula is C19H25F3IN5OS. The number of alkyl halides is 3. The topological polar surface area (TPSA) is 78.4 Å². The van der Waals surface area contributed by atoms with E-state index in [0.29, 0.717) is 49.1 Å². The van der Waals surface area contributed by atoms with Crippen molar-refractivity contribution in [3.63, 3.8) is 0 Å². The van der Waals surface area contributed by atoms with Crippen LogP contribution in [0, 0.1) is 6.92 Å². The number of amides is 1. The second-order valence-corrected chi connectivity index (χ2v) is 7.01. The van der Waals surface area contributed by atoms with Gasteiger partial charge >= 0.3 is 6.18 Å². The Kier molecular flexibility index (Phi) is 11.1. The molecule has 0 bridgehead atoms. The van der Waals surface area contributed by atoms with Gasteiger partial charge in [0.2, 0.25) is 0 Å². The van der Waals surface area contributed by atoms with E-state index in [2.05, 4.69) is 25.9 Å². The Bertz CT molecular complexity index is 824. The molecule has 0 aliphatic carbocycles. The Morgan fingerprint density at radius 3 is 2.37 bits per heavy atom. The quantitative estimate of drug-likeness (QED) is 0.201. The summed E-state index contributed by atoms with van der Waals surface area (Å²) in [6.07, 6.45) is -3.80. The van der Waals surface area contributed by atoms with Crippen molar-refractivity contribution in [2.75, 3.05) is 26.2 Å². The molecule has 0 spiro atoms. The van der Waals surface area contributed by atoms with E-state index in [-0.39, 0.29) is 29.9 Å². The van der Waals surface area contributed by atoms with E-state index in [1.807, 2.05) is 6.92 Å². The molecule has 0 saturated carbocycles. The van der Waals surface area contributed by atoms with Crippen LogP contribution in [-0.2, 0) is 12.6 Å². The highest BCUT2D eigenvalue weighted by Crippen LogP contribution is 2.29. The molecule has 1 heterocycles. The predicted molar refractivity (Wildman–Crippen MR) is 124 cm³/mol. The van der Waals surface area contributed by atoms with E-state index in [0.717, 1.165) is 17.7 Å². The van der Waals surface area contributed by atoms with Crippen molar-refractivity contribution in [3.05, 3.63) is 51.5 Å². The van der Waals surface area contributed by atoms with E-state index in [1.165, 1.54) is 23.5 Å². The average molecular weight is 555 g/mol. The summed E-state index contributed by atoms with van der Waals surface area (Å²) in [6, 6.07) is 5.09. The Labute approximate surface area is 194 Å². The van der Waals surface area contributed by atoms with Gasteiger partial charge in [0.1, 0.15) is 4.88 Å². The fourth-order valence-corrected chi connectivity index (χ4v) is 3.17. The lowest BCUT2D eigenvalue weighted by molar-refractivity contribution is -0.137. The number of carbonyl (C=O) groups excluding carboxylic acids is 1. The molecule has 0 aliphatic heterocycles. The van der Waals surface area contributed by atoms with Crippen LogP contribution in [-0.4, -0.2) is 43.0 Å². The Morgan fingerprint density at radius 2 is 1.80 bits per heavy atom. The second kappa shape index (κ2) is 12.7. The van der Waals surface area contributed by atoms with Gasteiger partial charge in [-0.3, -0.25) is 9.79 Å². The van der Waals surface area contributed by atoms with Crippen LogP contribution in [0.3, 0.4) is 0 Å². The van der Waals surface area contributed by atoms with Crippen molar-refractivity contribution in [2.45, 2.75) is 26.4 Å². The smallest absolute Gasteiger partial charge is 0.357 e. The summed E-state index contributed by atoms with van der Waals surface area (Å²) in [7, 11) is 0. The fourth-order valence-electron chi connectivity index (χ4n) is 2.46. The van der Waals surface area contributed by atoms with Crippen molar-refractivity contribution in [1.29, 1.82) is 0 Å². The molecule has 0 radical (unpaired) electrons. The number of aryl methyl sites for hydroxylation is 1. The monoisotopic (exact) mass is 555 g/mol. The minimum Gasteiger partial charge on any atom is -0.357 e. The summed E-state index contributed by atoms with van der Waals surface area (Å²) >= 11 is 1.30. The lowest BCUT2D eigenvalue weighted by Gasteiger charge is -2.12. The normalized spacial score (nSPS) is 11.6. The van der Waals surface area contributed by atoms with Crippen LogP contribution in [0.1, 0.15) is 33.4 Å². The zero-order valence-corrected chi connectivity index (χ0v) is 19.8. The zero-order valence-electron chi connectivity index (χ0n) is 16.7. The highest BCUT2D eigenvalue weighted by molar-refractivity contribution is 14.0. The molecule has 2 aromatic rings. The number of aliphatic imine (C=N–C) groups is 1. The molecule has 0 fully saturated rings. The number of aromatic nitrogens is 1. The summed E-state index contributed by atoms with van der Waals surface area (Å²) in [5.74, 6) is 0.429. The molecule has 6 nitrogen and oxygen atoms in total. The SMILES string of the molecule is CCNC(=NCCc1ccc(C(F)(F)F)cc1)NCCNC(=O)c1scnc1C.I. The van der Waals surface area contributed by atoms with Crippen LogP contribution >= 0.6 is 35.3 Å². The molecule has 11 heteroatoms. The average Bonchev–Trinajstić information content (AvgIpc) is 3.10. The lowest BCUT2D eigenvalue weighted by atomic mass is 10.1. The zero-order chi connectivity index (χ0) is 21.3. The molecule has 166 valence electrons. The van der Waals surface area contributed by atoms with Gasteiger partial charge in [-0.15, -0.1) is 35.3 Å². The minimum atomic E-state index is -4.33. The Hall–Kier alpha value is -1.89. The first kappa shape index (κ1) is 26.1. The van der Waals surface area contributed by atoms with Crippen LogP contribution in [0.2, 0.25) is 0 Å². The largest absolute Gasteiger partial charge is 0.416 e. The molecule has 30 heavy (non-hydrogen) atoms. The third kappa shape index (κ3) is 8.46. The van der Waals surface area contributed by atoms with Gasteiger partial charge < -0.3 is 16.0 Å².